The maximum Gasteiger partial charge on any atom is 0.220 e. The van der Waals surface area contributed by atoms with E-state index in [9.17, 15) is 15.0 Å². The summed E-state index contributed by atoms with van der Waals surface area (Å²) < 4.78 is 0. The van der Waals surface area contributed by atoms with Crippen LogP contribution in [0.1, 0.15) is 303 Å². The van der Waals surface area contributed by atoms with Gasteiger partial charge in [0.25, 0.3) is 0 Å². The van der Waals surface area contributed by atoms with Crippen molar-refractivity contribution >= 4 is 5.91 Å². The van der Waals surface area contributed by atoms with Crippen molar-refractivity contribution in [1.82, 2.24) is 5.32 Å². The molecule has 0 saturated heterocycles. The maximum atomic E-state index is 12.5. The summed E-state index contributed by atoms with van der Waals surface area (Å²) in [4.78, 5) is 12.5. The van der Waals surface area contributed by atoms with Gasteiger partial charge in [-0.15, -0.1) is 0 Å². The second kappa shape index (κ2) is 65.1. The summed E-state index contributed by atoms with van der Waals surface area (Å²) >= 11 is 0. The first-order valence-corrected chi connectivity index (χ1v) is 32.2. The van der Waals surface area contributed by atoms with Crippen LogP contribution in [0.2, 0.25) is 0 Å². The number of amides is 1. The molecule has 0 aliphatic heterocycles. The Kier molecular flexibility index (Phi) is 62.3. The quantitative estimate of drug-likeness (QED) is 0.0420. The molecule has 0 aliphatic rings. The number of carbonyl (C=O) groups is 1. The number of hydrogen-bond acceptors (Lipinski definition) is 3. The zero-order chi connectivity index (χ0) is 54.1. The Morgan fingerprint density at radius 2 is 0.600 bits per heavy atom. The predicted molar refractivity (Wildman–Crippen MR) is 336 cm³/mol. The normalized spacial score (nSPS) is 13.6. The molecule has 2 atom stereocenters. The number of rotatable bonds is 58. The molecule has 430 valence electrons. The average Bonchev–Trinajstić information content (AvgIpc) is 3.41. The van der Waals surface area contributed by atoms with Gasteiger partial charge < -0.3 is 15.5 Å². The van der Waals surface area contributed by atoms with Gasteiger partial charge in [0.1, 0.15) is 0 Å². The Balaban J connectivity index is 3.54. The third kappa shape index (κ3) is 61.5. The minimum absolute atomic E-state index is 0.0743. The lowest BCUT2D eigenvalue weighted by molar-refractivity contribution is -0.123. The molecule has 3 N–H and O–H groups in total. The van der Waals surface area contributed by atoms with Crippen molar-refractivity contribution in [2.75, 3.05) is 6.61 Å². The molecular weight excluding hydrogens is 915 g/mol. The Bertz CT molecular complexity index is 1460. The highest BCUT2D eigenvalue weighted by atomic mass is 16.3. The smallest absolute Gasteiger partial charge is 0.220 e. The molecule has 0 aromatic rings. The lowest BCUT2D eigenvalue weighted by atomic mass is 10.0. The Morgan fingerprint density at radius 3 is 0.933 bits per heavy atom. The van der Waals surface area contributed by atoms with Crippen LogP contribution < -0.4 is 5.32 Å². The van der Waals surface area contributed by atoms with Crippen molar-refractivity contribution in [3.8, 4) is 0 Å². The van der Waals surface area contributed by atoms with E-state index in [4.69, 9.17) is 0 Å². The summed E-state index contributed by atoms with van der Waals surface area (Å²) in [5.74, 6) is -0.0743. The van der Waals surface area contributed by atoms with Crippen LogP contribution in [0.3, 0.4) is 0 Å². The molecule has 4 heteroatoms. The first kappa shape index (κ1) is 71.8. The van der Waals surface area contributed by atoms with Gasteiger partial charge in [0, 0.05) is 6.42 Å². The van der Waals surface area contributed by atoms with E-state index in [0.29, 0.717) is 6.42 Å². The lowest BCUT2D eigenvalue weighted by Gasteiger charge is -2.19. The van der Waals surface area contributed by atoms with Gasteiger partial charge in [-0.2, -0.15) is 0 Å². The van der Waals surface area contributed by atoms with E-state index in [1.54, 1.807) is 6.08 Å². The highest BCUT2D eigenvalue weighted by molar-refractivity contribution is 5.76. The van der Waals surface area contributed by atoms with Crippen molar-refractivity contribution in [2.45, 2.75) is 315 Å². The van der Waals surface area contributed by atoms with Crippen LogP contribution in [-0.4, -0.2) is 34.9 Å². The Hall–Kier alpha value is -3.21. The fourth-order valence-electron chi connectivity index (χ4n) is 9.33. The minimum Gasteiger partial charge on any atom is -0.394 e. The zero-order valence-corrected chi connectivity index (χ0v) is 49.5. The van der Waals surface area contributed by atoms with Crippen molar-refractivity contribution < 1.29 is 15.0 Å². The number of allylic oxidation sites excluding steroid dienone is 19. The fourth-order valence-corrected chi connectivity index (χ4v) is 9.33. The molecule has 0 bridgehead atoms. The molecule has 0 aromatic carbocycles. The molecule has 0 heterocycles. The van der Waals surface area contributed by atoms with Crippen LogP contribution in [0.15, 0.2) is 122 Å². The molecule has 0 aromatic heterocycles. The van der Waals surface area contributed by atoms with Crippen LogP contribution in [0.25, 0.3) is 0 Å². The van der Waals surface area contributed by atoms with Gasteiger partial charge >= 0.3 is 0 Å². The lowest BCUT2D eigenvalue weighted by Crippen LogP contribution is -2.45. The molecule has 0 spiro atoms. The number of carbonyl (C=O) groups excluding carboxylic acids is 1. The van der Waals surface area contributed by atoms with Crippen molar-refractivity contribution in [2.24, 2.45) is 0 Å². The molecule has 0 aliphatic carbocycles. The molecule has 75 heavy (non-hydrogen) atoms. The van der Waals surface area contributed by atoms with E-state index in [2.05, 4.69) is 129 Å². The average molecular weight is 1040 g/mol. The fraction of sp³-hybridized carbons (Fsp3) is 0.704. The molecular formula is C71H123NO3. The van der Waals surface area contributed by atoms with Crippen LogP contribution >= 0.6 is 0 Å². The van der Waals surface area contributed by atoms with Gasteiger partial charge in [0.15, 0.2) is 0 Å². The van der Waals surface area contributed by atoms with E-state index in [1.807, 2.05) is 6.08 Å². The first-order valence-electron chi connectivity index (χ1n) is 32.2. The van der Waals surface area contributed by atoms with Gasteiger partial charge in [0.2, 0.25) is 5.91 Å². The predicted octanol–water partition coefficient (Wildman–Crippen LogP) is 22.0. The minimum atomic E-state index is -0.869. The van der Waals surface area contributed by atoms with Gasteiger partial charge in [0.05, 0.1) is 18.8 Å². The van der Waals surface area contributed by atoms with Crippen LogP contribution in [0.5, 0.6) is 0 Å². The highest BCUT2D eigenvalue weighted by Gasteiger charge is 2.18. The topological polar surface area (TPSA) is 69.6 Å². The van der Waals surface area contributed by atoms with E-state index < -0.39 is 12.1 Å². The van der Waals surface area contributed by atoms with Gasteiger partial charge in [-0.05, 0) is 96.3 Å². The molecule has 2 unspecified atom stereocenters. The van der Waals surface area contributed by atoms with E-state index in [-0.39, 0.29) is 12.5 Å². The number of nitrogens with one attached hydrogen (secondary N) is 1. The Labute approximate surface area is 467 Å². The standard InChI is InChI=1S/C71H123NO3/c1-3-5-7-9-11-13-15-17-19-21-23-25-27-28-29-30-31-32-33-34-35-36-37-38-39-40-41-42-43-44-45-47-49-51-53-55-57-59-61-63-65-67-71(75)72-69(68-73)70(74)66-64-62-60-58-56-54-52-50-48-46-26-24-22-20-18-16-14-12-10-8-6-4-2/h5,7,11,13,17,19,23,25,28-29,31-32,34-35,37-38,56,58,64,66,69-70,73-74H,3-4,6,8-10,12,14-16,18,20-22,24,26-27,30,33,36,39-55,57,59-63,65,67-68H2,1-2H3,(H,72,75)/b7-5-,13-11-,19-17-,25-23-,29-28-,32-31-,35-34-,38-37-,58-56+,66-64+. The molecule has 0 fully saturated rings. The Morgan fingerprint density at radius 1 is 0.333 bits per heavy atom. The molecule has 0 radical (unpaired) electrons. The molecule has 4 nitrogen and oxygen atoms in total. The summed E-state index contributed by atoms with van der Waals surface area (Å²) in [6.45, 7) is 4.20. The highest BCUT2D eigenvalue weighted by Crippen LogP contribution is 2.17. The summed E-state index contributed by atoms with van der Waals surface area (Å²) in [5, 5.41) is 23.2. The van der Waals surface area contributed by atoms with Gasteiger partial charge in [-0.25, -0.2) is 0 Å². The second-order valence-corrected chi connectivity index (χ2v) is 21.4. The van der Waals surface area contributed by atoms with Crippen molar-refractivity contribution in [1.29, 1.82) is 0 Å². The van der Waals surface area contributed by atoms with Gasteiger partial charge in [-0.1, -0.05) is 322 Å². The SMILES string of the molecule is CC/C=C\C/C=C\C/C=C\C/C=C\C/C=C\C/C=C\C/C=C\C/C=C\CCCCCCCCCCCCCCCCCCC(=O)NC(CO)C(O)/C=C/CC/C=C/CCCCCCCCCCCCCCCCCC. The zero-order valence-electron chi connectivity index (χ0n) is 49.5. The summed E-state index contributed by atoms with van der Waals surface area (Å²) in [6.07, 6.45) is 99.6. The second-order valence-electron chi connectivity index (χ2n) is 21.4. The largest absolute Gasteiger partial charge is 0.394 e. The number of aliphatic hydroxyl groups is 2. The third-order valence-corrected chi connectivity index (χ3v) is 14.2. The number of aliphatic hydroxyl groups excluding tert-OH is 2. The molecule has 0 saturated carbocycles. The monoisotopic (exact) mass is 1040 g/mol. The van der Waals surface area contributed by atoms with E-state index in [0.717, 1.165) is 83.5 Å². The summed E-state index contributed by atoms with van der Waals surface area (Å²) in [5.41, 5.74) is 0. The third-order valence-electron chi connectivity index (χ3n) is 14.2. The van der Waals surface area contributed by atoms with Gasteiger partial charge in [-0.3, -0.25) is 4.79 Å². The van der Waals surface area contributed by atoms with E-state index >= 15 is 0 Å². The number of unbranched alkanes of at least 4 members (excludes halogenated alkanes) is 33. The summed E-state index contributed by atoms with van der Waals surface area (Å²) in [6, 6.07) is -0.646. The summed E-state index contributed by atoms with van der Waals surface area (Å²) in [7, 11) is 0. The van der Waals surface area contributed by atoms with Crippen LogP contribution in [-0.2, 0) is 4.79 Å². The number of hydrogen-bond donors (Lipinski definition) is 3. The van der Waals surface area contributed by atoms with Crippen molar-refractivity contribution in [3.05, 3.63) is 122 Å². The van der Waals surface area contributed by atoms with Crippen LogP contribution in [0.4, 0.5) is 0 Å². The first-order chi connectivity index (χ1) is 37.2. The van der Waals surface area contributed by atoms with E-state index in [1.165, 1.54) is 199 Å². The molecule has 0 rings (SSSR count). The molecule has 1 amide bonds. The maximum absolute atomic E-state index is 12.5. The van der Waals surface area contributed by atoms with Crippen molar-refractivity contribution in [3.63, 3.8) is 0 Å². The van der Waals surface area contributed by atoms with Crippen LogP contribution in [0, 0.1) is 0 Å².